The fourth-order valence-corrected chi connectivity index (χ4v) is 1.30. The molecule has 1 aromatic heterocycles. The first-order valence-corrected chi connectivity index (χ1v) is 5.10. The molecule has 1 atom stereocenters. The molecule has 1 unspecified atom stereocenters. The van der Waals surface area contributed by atoms with Crippen molar-refractivity contribution in [1.82, 2.24) is 4.98 Å². The average Bonchev–Trinajstić information content (AvgIpc) is 2.17. The third-order valence-corrected chi connectivity index (χ3v) is 2.27. The molecule has 0 amide bonds. The quantitative estimate of drug-likeness (QED) is 0.775. The van der Waals surface area contributed by atoms with Gasteiger partial charge in [0.05, 0.1) is 12.6 Å². The van der Waals surface area contributed by atoms with Crippen LogP contribution in [0, 0.1) is 5.92 Å². The SMILES string of the molecule is COCC(Nc1cc(N)ccn1)C(C)C. The zero-order valence-corrected chi connectivity index (χ0v) is 9.53. The normalized spacial score (nSPS) is 12.8. The zero-order chi connectivity index (χ0) is 11.3. The van der Waals surface area contributed by atoms with E-state index in [1.807, 2.05) is 6.07 Å². The maximum Gasteiger partial charge on any atom is 0.128 e. The van der Waals surface area contributed by atoms with E-state index in [-0.39, 0.29) is 6.04 Å². The van der Waals surface area contributed by atoms with Crippen molar-refractivity contribution >= 4 is 11.5 Å². The van der Waals surface area contributed by atoms with Gasteiger partial charge in [-0.2, -0.15) is 0 Å². The van der Waals surface area contributed by atoms with E-state index in [1.165, 1.54) is 0 Å². The molecule has 1 rings (SSSR count). The Morgan fingerprint density at radius 2 is 2.27 bits per heavy atom. The summed E-state index contributed by atoms with van der Waals surface area (Å²) in [4.78, 5) is 4.20. The molecule has 0 aliphatic carbocycles. The lowest BCUT2D eigenvalue weighted by Gasteiger charge is -2.22. The van der Waals surface area contributed by atoms with Gasteiger partial charge >= 0.3 is 0 Å². The van der Waals surface area contributed by atoms with Crippen molar-refractivity contribution in [2.75, 3.05) is 24.8 Å². The number of hydrogen-bond acceptors (Lipinski definition) is 4. The minimum Gasteiger partial charge on any atom is -0.399 e. The molecular weight excluding hydrogens is 190 g/mol. The lowest BCUT2D eigenvalue weighted by Crippen LogP contribution is -2.30. The molecule has 0 aliphatic heterocycles. The number of pyridine rings is 1. The Morgan fingerprint density at radius 3 is 2.80 bits per heavy atom. The van der Waals surface area contributed by atoms with Crippen molar-refractivity contribution in [3.63, 3.8) is 0 Å². The van der Waals surface area contributed by atoms with Crippen LogP contribution in [0.4, 0.5) is 11.5 Å². The van der Waals surface area contributed by atoms with Crippen molar-refractivity contribution in [3.05, 3.63) is 18.3 Å². The summed E-state index contributed by atoms with van der Waals surface area (Å²) in [6.07, 6.45) is 1.70. The number of nitrogens with one attached hydrogen (secondary N) is 1. The second-order valence-corrected chi connectivity index (χ2v) is 3.92. The highest BCUT2D eigenvalue weighted by Gasteiger charge is 2.13. The summed E-state index contributed by atoms with van der Waals surface area (Å²) in [5.41, 5.74) is 6.39. The molecule has 0 fully saturated rings. The summed E-state index contributed by atoms with van der Waals surface area (Å²) in [6, 6.07) is 3.85. The van der Waals surface area contributed by atoms with Gasteiger partial charge in [0.15, 0.2) is 0 Å². The fraction of sp³-hybridized carbons (Fsp3) is 0.545. The van der Waals surface area contributed by atoms with Gasteiger partial charge in [-0.25, -0.2) is 4.98 Å². The molecule has 4 heteroatoms. The first-order chi connectivity index (χ1) is 7.13. The number of rotatable bonds is 5. The van der Waals surface area contributed by atoms with Crippen LogP contribution in [-0.2, 0) is 4.74 Å². The largest absolute Gasteiger partial charge is 0.399 e. The number of nitrogens with two attached hydrogens (primary N) is 1. The molecule has 15 heavy (non-hydrogen) atoms. The predicted molar refractivity (Wildman–Crippen MR) is 62.8 cm³/mol. The summed E-state index contributed by atoms with van der Waals surface area (Å²) in [5, 5.41) is 3.30. The molecule has 0 bridgehead atoms. The monoisotopic (exact) mass is 209 g/mol. The van der Waals surface area contributed by atoms with E-state index < -0.39 is 0 Å². The first kappa shape index (κ1) is 11.8. The van der Waals surface area contributed by atoms with Gasteiger partial charge in [-0.15, -0.1) is 0 Å². The summed E-state index contributed by atoms with van der Waals surface area (Å²) in [6.45, 7) is 4.94. The van der Waals surface area contributed by atoms with Crippen molar-refractivity contribution in [2.45, 2.75) is 19.9 Å². The highest BCUT2D eigenvalue weighted by molar-refractivity contribution is 5.48. The lowest BCUT2D eigenvalue weighted by molar-refractivity contribution is 0.171. The standard InChI is InChI=1S/C11H19N3O/c1-8(2)10(7-15-3)14-11-6-9(12)4-5-13-11/h4-6,8,10H,7H2,1-3H3,(H3,12,13,14). The van der Waals surface area contributed by atoms with Gasteiger partial charge in [0.25, 0.3) is 0 Å². The van der Waals surface area contributed by atoms with Crippen LogP contribution in [-0.4, -0.2) is 24.7 Å². The molecule has 84 valence electrons. The Labute approximate surface area is 90.8 Å². The zero-order valence-electron chi connectivity index (χ0n) is 9.53. The first-order valence-electron chi connectivity index (χ1n) is 5.10. The van der Waals surface area contributed by atoms with Crippen molar-refractivity contribution in [3.8, 4) is 0 Å². The Morgan fingerprint density at radius 1 is 1.53 bits per heavy atom. The van der Waals surface area contributed by atoms with E-state index in [9.17, 15) is 0 Å². The third kappa shape index (κ3) is 3.75. The molecule has 1 heterocycles. The van der Waals surface area contributed by atoms with E-state index in [4.69, 9.17) is 10.5 Å². The Kier molecular flexibility index (Phi) is 4.37. The molecule has 0 saturated carbocycles. The van der Waals surface area contributed by atoms with Gasteiger partial charge in [0.2, 0.25) is 0 Å². The van der Waals surface area contributed by atoms with E-state index in [2.05, 4.69) is 24.1 Å². The van der Waals surface area contributed by atoms with Crippen LogP contribution >= 0.6 is 0 Å². The Hall–Kier alpha value is -1.29. The van der Waals surface area contributed by atoms with Crippen LogP contribution in [0.25, 0.3) is 0 Å². The highest BCUT2D eigenvalue weighted by Crippen LogP contribution is 2.13. The van der Waals surface area contributed by atoms with Gasteiger partial charge in [0.1, 0.15) is 5.82 Å². The van der Waals surface area contributed by atoms with E-state index in [0.29, 0.717) is 18.2 Å². The molecule has 0 aromatic carbocycles. The fourth-order valence-electron chi connectivity index (χ4n) is 1.30. The Balaban J connectivity index is 2.65. The van der Waals surface area contributed by atoms with Crippen LogP contribution in [0.15, 0.2) is 18.3 Å². The number of nitrogens with zero attached hydrogens (tertiary/aromatic N) is 1. The molecule has 0 saturated heterocycles. The van der Waals surface area contributed by atoms with Crippen LogP contribution in [0.2, 0.25) is 0 Å². The molecular formula is C11H19N3O. The van der Waals surface area contributed by atoms with Crippen LogP contribution in [0.1, 0.15) is 13.8 Å². The number of anilines is 2. The van der Waals surface area contributed by atoms with Crippen LogP contribution < -0.4 is 11.1 Å². The summed E-state index contributed by atoms with van der Waals surface area (Å²) in [7, 11) is 1.70. The minimum absolute atomic E-state index is 0.254. The van der Waals surface area contributed by atoms with Gasteiger partial charge in [-0.05, 0) is 12.0 Å². The maximum absolute atomic E-state index is 5.67. The second kappa shape index (κ2) is 5.56. The number of methoxy groups -OCH3 is 1. The van der Waals surface area contributed by atoms with Crippen LogP contribution in [0.5, 0.6) is 0 Å². The maximum atomic E-state index is 5.67. The third-order valence-electron chi connectivity index (χ3n) is 2.27. The van der Waals surface area contributed by atoms with E-state index in [1.54, 1.807) is 19.4 Å². The smallest absolute Gasteiger partial charge is 0.128 e. The van der Waals surface area contributed by atoms with Crippen molar-refractivity contribution in [2.24, 2.45) is 5.92 Å². The van der Waals surface area contributed by atoms with Crippen LogP contribution in [0.3, 0.4) is 0 Å². The van der Waals surface area contributed by atoms with E-state index >= 15 is 0 Å². The average molecular weight is 209 g/mol. The lowest BCUT2D eigenvalue weighted by atomic mass is 10.1. The van der Waals surface area contributed by atoms with E-state index in [0.717, 1.165) is 5.82 Å². The highest BCUT2D eigenvalue weighted by atomic mass is 16.5. The molecule has 3 N–H and O–H groups in total. The number of aromatic nitrogens is 1. The van der Waals surface area contributed by atoms with Gasteiger partial charge < -0.3 is 15.8 Å². The summed E-state index contributed by atoms with van der Waals surface area (Å²) >= 11 is 0. The van der Waals surface area contributed by atoms with Gasteiger partial charge in [-0.1, -0.05) is 13.8 Å². The topological polar surface area (TPSA) is 60.2 Å². The number of ether oxygens (including phenoxy) is 1. The Bertz CT molecular complexity index is 302. The predicted octanol–water partition coefficient (Wildman–Crippen LogP) is 1.75. The molecule has 0 radical (unpaired) electrons. The van der Waals surface area contributed by atoms with Crippen molar-refractivity contribution < 1.29 is 4.74 Å². The number of hydrogen-bond donors (Lipinski definition) is 2. The molecule has 1 aromatic rings. The van der Waals surface area contributed by atoms with Gasteiger partial charge in [0, 0.05) is 25.1 Å². The molecule has 0 spiro atoms. The summed E-state index contributed by atoms with van der Waals surface area (Å²) < 4.78 is 5.15. The minimum atomic E-state index is 0.254. The second-order valence-electron chi connectivity index (χ2n) is 3.92. The van der Waals surface area contributed by atoms with Crippen molar-refractivity contribution in [1.29, 1.82) is 0 Å². The molecule has 0 aliphatic rings. The molecule has 4 nitrogen and oxygen atoms in total. The number of nitrogen functional groups attached to an aromatic ring is 1. The summed E-state index contributed by atoms with van der Waals surface area (Å²) in [5.74, 6) is 1.28. The van der Waals surface area contributed by atoms with Gasteiger partial charge in [-0.3, -0.25) is 0 Å².